The third kappa shape index (κ3) is 5.82. The molecule has 0 fully saturated rings. The van der Waals surface area contributed by atoms with E-state index in [9.17, 15) is 34.4 Å². The van der Waals surface area contributed by atoms with Crippen molar-refractivity contribution in [2.24, 2.45) is 0 Å². The predicted octanol–water partition coefficient (Wildman–Crippen LogP) is 1.63. The van der Waals surface area contributed by atoms with Gasteiger partial charge in [0.05, 0.1) is 18.2 Å². The molecule has 156 valence electrons. The standard InChI is InChI=1S/C20H23FN2O6/c21-14-7-4-8-15(25)17(14)20(29)23-12(11-24)5-1-2-10-22-19(28)13-6-3-9-16(26)18(13)27/h3-4,6-9,12,24-27H,1-2,5,10-11H2,(H,22,28)(H,23,29). The van der Waals surface area contributed by atoms with Gasteiger partial charge in [0.2, 0.25) is 0 Å². The minimum atomic E-state index is -0.864. The molecule has 1 atom stereocenters. The largest absolute Gasteiger partial charge is 0.507 e. The molecule has 0 aliphatic rings. The number of amides is 2. The third-order valence-corrected chi connectivity index (χ3v) is 4.30. The Kier molecular flexibility index (Phi) is 7.79. The molecule has 1 unspecified atom stereocenters. The topological polar surface area (TPSA) is 139 Å². The van der Waals surface area contributed by atoms with Crippen molar-refractivity contribution >= 4 is 11.8 Å². The molecular formula is C20H23FN2O6. The molecule has 2 aromatic carbocycles. The summed E-state index contributed by atoms with van der Waals surface area (Å²) in [5.74, 6) is -3.61. The fourth-order valence-electron chi connectivity index (χ4n) is 2.73. The van der Waals surface area contributed by atoms with Crippen molar-refractivity contribution in [3.63, 3.8) is 0 Å². The fourth-order valence-corrected chi connectivity index (χ4v) is 2.73. The highest BCUT2D eigenvalue weighted by Crippen LogP contribution is 2.27. The molecule has 0 bridgehead atoms. The van der Waals surface area contributed by atoms with E-state index in [4.69, 9.17) is 0 Å². The van der Waals surface area contributed by atoms with E-state index in [1.165, 1.54) is 30.3 Å². The maximum atomic E-state index is 13.7. The number of hydrogen-bond acceptors (Lipinski definition) is 6. The van der Waals surface area contributed by atoms with Crippen LogP contribution >= 0.6 is 0 Å². The second-order valence-electron chi connectivity index (χ2n) is 6.41. The van der Waals surface area contributed by atoms with E-state index in [1.54, 1.807) is 0 Å². The molecule has 0 aliphatic heterocycles. The van der Waals surface area contributed by atoms with Crippen molar-refractivity contribution in [1.82, 2.24) is 10.6 Å². The molecule has 0 saturated heterocycles. The molecule has 6 N–H and O–H groups in total. The molecule has 9 heteroatoms. The van der Waals surface area contributed by atoms with Crippen LogP contribution in [0.3, 0.4) is 0 Å². The monoisotopic (exact) mass is 406 g/mol. The Morgan fingerprint density at radius 3 is 2.34 bits per heavy atom. The van der Waals surface area contributed by atoms with Crippen LogP contribution in [0.1, 0.15) is 40.0 Å². The van der Waals surface area contributed by atoms with Crippen molar-refractivity contribution in [3.05, 3.63) is 53.3 Å². The highest BCUT2D eigenvalue weighted by molar-refractivity contribution is 5.98. The number of carbonyl (C=O) groups excluding carboxylic acids is 2. The van der Waals surface area contributed by atoms with Crippen LogP contribution in [0.15, 0.2) is 36.4 Å². The van der Waals surface area contributed by atoms with Crippen LogP contribution in [0.2, 0.25) is 0 Å². The molecular weight excluding hydrogens is 383 g/mol. The van der Waals surface area contributed by atoms with Crippen LogP contribution in [-0.2, 0) is 0 Å². The van der Waals surface area contributed by atoms with Gasteiger partial charge in [-0.05, 0) is 43.5 Å². The number of carbonyl (C=O) groups is 2. The first-order valence-electron chi connectivity index (χ1n) is 9.03. The number of halogens is 1. The predicted molar refractivity (Wildman–Crippen MR) is 102 cm³/mol. The highest BCUT2D eigenvalue weighted by atomic mass is 19.1. The maximum absolute atomic E-state index is 13.7. The van der Waals surface area contributed by atoms with Crippen molar-refractivity contribution in [2.45, 2.75) is 25.3 Å². The summed E-state index contributed by atoms with van der Waals surface area (Å²) in [4.78, 5) is 24.1. The molecule has 0 spiro atoms. The van der Waals surface area contributed by atoms with Crippen molar-refractivity contribution < 1.29 is 34.4 Å². The van der Waals surface area contributed by atoms with Crippen LogP contribution in [0.4, 0.5) is 4.39 Å². The second kappa shape index (κ2) is 10.3. The Balaban J connectivity index is 1.78. The quantitative estimate of drug-likeness (QED) is 0.276. The maximum Gasteiger partial charge on any atom is 0.258 e. The summed E-state index contributed by atoms with van der Waals surface area (Å²) in [5, 5.41) is 43.2. The van der Waals surface area contributed by atoms with Crippen LogP contribution in [0, 0.1) is 5.82 Å². The van der Waals surface area contributed by atoms with E-state index < -0.39 is 40.7 Å². The van der Waals surface area contributed by atoms with Crippen LogP contribution in [-0.4, -0.2) is 51.4 Å². The average Bonchev–Trinajstić information content (AvgIpc) is 2.68. The summed E-state index contributed by atoms with van der Waals surface area (Å²) in [6.45, 7) is -0.0986. The number of para-hydroxylation sites is 1. The van der Waals surface area contributed by atoms with Crippen molar-refractivity contribution in [2.75, 3.05) is 13.2 Å². The average molecular weight is 406 g/mol. The molecule has 8 nitrogen and oxygen atoms in total. The summed E-state index contributed by atoms with van der Waals surface area (Å²) in [6, 6.07) is 6.94. The number of rotatable bonds is 9. The van der Waals surface area contributed by atoms with E-state index in [0.717, 1.165) is 6.07 Å². The van der Waals surface area contributed by atoms with Crippen molar-refractivity contribution in [3.8, 4) is 17.2 Å². The molecule has 0 heterocycles. The van der Waals surface area contributed by atoms with Gasteiger partial charge < -0.3 is 31.1 Å². The lowest BCUT2D eigenvalue weighted by atomic mass is 10.1. The zero-order valence-corrected chi connectivity index (χ0v) is 15.6. The van der Waals surface area contributed by atoms with Gasteiger partial charge in [0.25, 0.3) is 11.8 Å². The SMILES string of the molecule is O=C(NCCCCC(CO)NC(=O)c1c(O)cccc1F)c1cccc(O)c1O. The van der Waals surface area contributed by atoms with Gasteiger partial charge in [-0.1, -0.05) is 12.1 Å². The zero-order valence-electron chi connectivity index (χ0n) is 15.6. The summed E-state index contributed by atoms with van der Waals surface area (Å²) >= 11 is 0. The summed E-state index contributed by atoms with van der Waals surface area (Å²) in [7, 11) is 0. The minimum absolute atomic E-state index is 0.0461. The first-order chi connectivity index (χ1) is 13.8. The Bertz CT molecular complexity index is 854. The van der Waals surface area contributed by atoms with E-state index in [1.807, 2.05) is 0 Å². The molecule has 0 aromatic heterocycles. The Morgan fingerprint density at radius 1 is 0.966 bits per heavy atom. The molecule has 0 aliphatic carbocycles. The lowest BCUT2D eigenvalue weighted by Crippen LogP contribution is -2.38. The van der Waals surface area contributed by atoms with Gasteiger partial charge in [0.15, 0.2) is 11.5 Å². The van der Waals surface area contributed by atoms with E-state index in [0.29, 0.717) is 19.3 Å². The fraction of sp³-hybridized carbons (Fsp3) is 0.300. The number of aromatic hydroxyl groups is 3. The lowest BCUT2D eigenvalue weighted by Gasteiger charge is -2.17. The smallest absolute Gasteiger partial charge is 0.258 e. The van der Waals surface area contributed by atoms with E-state index >= 15 is 0 Å². The van der Waals surface area contributed by atoms with Crippen LogP contribution < -0.4 is 10.6 Å². The molecule has 0 saturated carbocycles. The molecule has 2 aromatic rings. The Hall–Kier alpha value is -3.33. The van der Waals surface area contributed by atoms with Gasteiger partial charge in [-0.2, -0.15) is 0 Å². The van der Waals surface area contributed by atoms with Gasteiger partial charge in [0.1, 0.15) is 17.1 Å². The summed E-state index contributed by atoms with van der Waals surface area (Å²) in [5.41, 5.74) is -0.528. The first kappa shape index (κ1) is 22.0. The number of phenols is 3. The third-order valence-electron chi connectivity index (χ3n) is 4.30. The number of benzene rings is 2. The summed E-state index contributed by atoms with van der Waals surface area (Å²) in [6.07, 6.45) is 1.41. The van der Waals surface area contributed by atoms with Gasteiger partial charge >= 0.3 is 0 Å². The minimum Gasteiger partial charge on any atom is -0.507 e. The Morgan fingerprint density at radius 2 is 1.66 bits per heavy atom. The van der Waals surface area contributed by atoms with Crippen LogP contribution in [0.25, 0.3) is 0 Å². The highest BCUT2D eigenvalue weighted by Gasteiger charge is 2.19. The van der Waals surface area contributed by atoms with Gasteiger partial charge in [-0.15, -0.1) is 0 Å². The lowest BCUT2D eigenvalue weighted by molar-refractivity contribution is 0.0905. The zero-order chi connectivity index (χ0) is 21.4. The first-order valence-corrected chi connectivity index (χ1v) is 9.03. The second-order valence-corrected chi connectivity index (χ2v) is 6.41. The number of hydrogen-bond donors (Lipinski definition) is 6. The summed E-state index contributed by atoms with van der Waals surface area (Å²) < 4.78 is 13.7. The number of aliphatic hydroxyl groups excluding tert-OH is 1. The molecule has 2 amide bonds. The Labute approximate surface area is 166 Å². The van der Waals surface area contributed by atoms with Crippen molar-refractivity contribution in [1.29, 1.82) is 0 Å². The molecule has 29 heavy (non-hydrogen) atoms. The van der Waals surface area contributed by atoms with Gasteiger partial charge in [-0.25, -0.2) is 4.39 Å². The molecule has 0 radical (unpaired) electrons. The van der Waals surface area contributed by atoms with Gasteiger partial charge in [0, 0.05) is 6.54 Å². The normalized spacial score (nSPS) is 11.7. The van der Waals surface area contributed by atoms with E-state index in [-0.39, 0.29) is 24.5 Å². The number of phenolic OH excluding ortho intramolecular Hbond substituents is 3. The van der Waals surface area contributed by atoms with E-state index in [2.05, 4.69) is 10.6 Å². The number of aliphatic hydroxyl groups is 1. The number of unbranched alkanes of at least 4 members (excludes halogenated alkanes) is 1. The molecule has 2 rings (SSSR count). The van der Waals surface area contributed by atoms with Gasteiger partial charge in [-0.3, -0.25) is 9.59 Å². The van der Waals surface area contributed by atoms with Crippen LogP contribution in [0.5, 0.6) is 17.2 Å². The number of nitrogens with one attached hydrogen (secondary N) is 2.